The second-order valence-electron chi connectivity index (χ2n) is 7.66. The highest BCUT2D eigenvalue weighted by molar-refractivity contribution is 5.75. The summed E-state index contributed by atoms with van der Waals surface area (Å²) < 4.78 is 0. The summed E-state index contributed by atoms with van der Waals surface area (Å²) in [6, 6.07) is 17.7. The highest BCUT2D eigenvalue weighted by Gasteiger charge is 2.04. The van der Waals surface area contributed by atoms with Crippen LogP contribution in [-0.4, -0.2) is 11.7 Å². The molecule has 0 unspecified atom stereocenters. The summed E-state index contributed by atoms with van der Waals surface area (Å²) in [7, 11) is 0. The number of benzene rings is 2. The van der Waals surface area contributed by atoms with E-state index in [2.05, 4.69) is 82.3 Å². The number of aliphatic hydroxyl groups is 1. The zero-order chi connectivity index (χ0) is 20.4. The molecule has 0 bridgehead atoms. The number of hydrogen-bond acceptors (Lipinski definition) is 1. The summed E-state index contributed by atoms with van der Waals surface area (Å²) in [5.74, 6) is 0. The first-order chi connectivity index (χ1) is 13.6. The van der Waals surface area contributed by atoms with Crippen molar-refractivity contribution in [1.82, 2.24) is 0 Å². The molecule has 1 heteroatoms. The largest absolute Gasteiger partial charge is 0.396 e. The molecule has 0 aliphatic carbocycles. The van der Waals surface area contributed by atoms with Gasteiger partial charge in [-0.15, -0.1) is 0 Å². The number of hydrogen-bond donors (Lipinski definition) is 1. The molecule has 28 heavy (non-hydrogen) atoms. The van der Waals surface area contributed by atoms with Crippen molar-refractivity contribution in [2.45, 2.75) is 66.2 Å². The molecular formula is C27H36O. The van der Waals surface area contributed by atoms with Gasteiger partial charge < -0.3 is 5.11 Å². The van der Waals surface area contributed by atoms with Crippen LogP contribution in [-0.2, 0) is 12.8 Å². The lowest BCUT2D eigenvalue weighted by molar-refractivity contribution is 0.299. The maximum absolute atomic E-state index is 9.09. The first-order valence-electron chi connectivity index (χ1n) is 10.8. The lowest BCUT2D eigenvalue weighted by Crippen LogP contribution is -1.92. The number of aliphatic hydroxyl groups excluding tert-OH is 1. The van der Waals surface area contributed by atoms with Gasteiger partial charge in [0, 0.05) is 6.61 Å². The molecule has 0 saturated heterocycles. The van der Waals surface area contributed by atoms with Crippen LogP contribution >= 0.6 is 0 Å². The zero-order valence-electron chi connectivity index (χ0n) is 18.1. The predicted octanol–water partition coefficient (Wildman–Crippen LogP) is 7.24. The Morgan fingerprint density at radius 1 is 0.786 bits per heavy atom. The molecule has 0 aromatic heterocycles. The minimum atomic E-state index is 0.202. The normalized spacial score (nSPS) is 12.8. The molecule has 2 aromatic rings. The Kier molecular flexibility index (Phi) is 9.23. The molecule has 0 amide bonds. The van der Waals surface area contributed by atoms with E-state index in [0.717, 1.165) is 12.8 Å². The topological polar surface area (TPSA) is 20.2 Å². The van der Waals surface area contributed by atoms with Crippen LogP contribution in [0.25, 0.3) is 11.1 Å². The summed E-state index contributed by atoms with van der Waals surface area (Å²) in [6.45, 7) is 9.09. The van der Waals surface area contributed by atoms with Gasteiger partial charge in [0.15, 0.2) is 0 Å². The molecule has 1 nitrogen and oxygen atoms in total. The average Bonchev–Trinajstić information content (AvgIpc) is 2.73. The number of unbranched alkanes of at least 4 members (excludes halogenated alkanes) is 2. The number of aryl methyl sites for hydroxylation is 1. The molecule has 0 radical (unpaired) electrons. The third-order valence-electron chi connectivity index (χ3n) is 5.52. The van der Waals surface area contributed by atoms with Crippen molar-refractivity contribution in [1.29, 1.82) is 0 Å². The van der Waals surface area contributed by atoms with Crippen LogP contribution in [0.15, 0.2) is 60.2 Å². The molecule has 0 atom stereocenters. The predicted molar refractivity (Wildman–Crippen MR) is 123 cm³/mol. The molecule has 0 aliphatic rings. The van der Waals surface area contributed by atoms with Gasteiger partial charge in [-0.3, -0.25) is 0 Å². The fourth-order valence-corrected chi connectivity index (χ4v) is 3.57. The van der Waals surface area contributed by atoms with Crippen LogP contribution in [0.5, 0.6) is 0 Å². The Hall–Kier alpha value is -2.12. The van der Waals surface area contributed by atoms with Crippen LogP contribution in [0.1, 0.15) is 75.6 Å². The van der Waals surface area contributed by atoms with E-state index >= 15 is 0 Å². The van der Waals surface area contributed by atoms with Gasteiger partial charge in [-0.05, 0) is 78.5 Å². The Labute approximate surface area is 171 Å². The second kappa shape index (κ2) is 11.7. The molecule has 0 saturated carbocycles. The van der Waals surface area contributed by atoms with E-state index in [-0.39, 0.29) is 6.61 Å². The molecule has 2 rings (SSSR count). The van der Waals surface area contributed by atoms with Crippen LogP contribution < -0.4 is 0 Å². The van der Waals surface area contributed by atoms with Crippen LogP contribution in [0.4, 0.5) is 0 Å². The van der Waals surface area contributed by atoms with Gasteiger partial charge in [-0.1, -0.05) is 81.3 Å². The molecule has 0 heterocycles. The van der Waals surface area contributed by atoms with E-state index < -0.39 is 0 Å². The van der Waals surface area contributed by atoms with E-state index in [1.807, 2.05) is 0 Å². The van der Waals surface area contributed by atoms with E-state index in [1.54, 1.807) is 0 Å². The molecule has 0 spiro atoms. The second-order valence-corrected chi connectivity index (χ2v) is 7.66. The van der Waals surface area contributed by atoms with Crippen LogP contribution in [0.3, 0.4) is 0 Å². The first kappa shape index (κ1) is 22.2. The van der Waals surface area contributed by atoms with E-state index in [0.29, 0.717) is 0 Å². The van der Waals surface area contributed by atoms with Crippen molar-refractivity contribution in [3.8, 4) is 0 Å². The fourth-order valence-electron chi connectivity index (χ4n) is 3.57. The van der Waals surface area contributed by atoms with Crippen molar-refractivity contribution in [3.63, 3.8) is 0 Å². The van der Waals surface area contributed by atoms with E-state index in [4.69, 9.17) is 5.11 Å². The third kappa shape index (κ3) is 6.49. The van der Waals surface area contributed by atoms with E-state index in [9.17, 15) is 0 Å². The van der Waals surface area contributed by atoms with Gasteiger partial charge in [0.1, 0.15) is 0 Å². The fraction of sp³-hybridized carbons (Fsp3) is 0.407. The summed E-state index contributed by atoms with van der Waals surface area (Å²) in [6.07, 6.45) is 9.12. The van der Waals surface area contributed by atoms with E-state index in [1.165, 1.54) is 64.7 Å². The third-order valence-corrected chi connectivity index (χ3v) is 5.52. The van der Waals surface area contributed by atoms with Crippen molar-refractivity contribution in [3.05, 3.63) is 82.4 Å². The molecule has 0 aliphatic heterocycles. The standard InChI is InChI=1S/C27H36O/c1-5-7-8-9-23-10-14-26(15-11-23)21(3)20-25(6-2)22(4)27-16-12-24(13-17-27)18-19-28/h10-17,20,28H,5-9,18-19H2,1-4H3/b21-20+,25-22+. The smallest absolute Gasteiger partial charge is 0.0471 e. The highest BCUT2D eigenvalue weighted by Crippen LogP contribution is 2.25. The monoisotopic (exact) mass is 376 g/mol. The van der Waals surface area contributed by atoms with Gasteiger partial charge in [0.2, 0.25) is 0 Å². The quantitative estimate of drug-likeness (QED) is 0.342. The molecule has 1 N–H and O–H groups in total. The molecular weight excluding hydrogens is 340 g/mol. The number of rotatable bonds is 10. The molecule has 0 fully saturated rings. The Balaban J connectivity index is 2.18. The summed E-state index contributed by atoms with van der Waals surface area (Å²) in [5, 5.41) is 9.09. The zero-order valence-corrected chi connectivity index (χ0v) is 18.1. The Bertz CT molecular complexity index is 776. The maximum Gasteiger partial charge on any atom is 0.0471 e. The summed E-state index contributed by atoms with van der Waals surface area (Å²) in [4.78, 5) is 0. The van der Waals surface area contributed by atoms with Gasteiger partial charge >= 0.3 is 0 Å². The lowest BCUT2D eigenvalue weighted by atomic mass is 9.95. The Morgan fingerprint density at radius 3 is 1.89 bits per heavy atom. The minimum absolute atomic E-state index is 0.202. The molecule has 2 aromatic carbocycles. The summed E-state index contributed by atoms with van der Waals surface area (Å²) >= 11 is 0. The van der Waals surface area contributed by atoms with Crippen molar-refractivity contribution in [2.24, 2.45) is 0 Å². The highest BCUT2D eigenvalue weighted by atomic mass is 16.2. The van der Waals surface area contributed by atoms with Gasteiger partial charge in [-0.25, -0.2) is 0 Å². The van der Waals surface area contributed by atoms with Crippen molar-refractivity contribution < 1.29 is 5.11 Å². The molecule has 150 valence electrons. The summed E-state index contributed by atoms with van der Waals surface area (Å²) in [5.41, 5.74) is 9.20. The Morgan fingerprint density at radius 2 is 1.36 bits per heavy atom. The van der Waals surface area contributed by atoms with Crippen molar-refractivity contribution >= 4 is 11.1 Å². The first-order valence-corrected chi connectivity index (χ1v) is 10.8. The van der Waals surface area contributed by atoms with Gasteiger partial charge in [0.05, 0.1) is 0 Å². The van der Waals surface area contributed by atoms with Crippen LogP contribution in [0, 0.1) is 0 Å². The minimum Gasteiger partial charge on any atom is -0.396 e. The average molecular weight is 377 g/mol. The maximum atomic E-state index is 9.09. The van der Waals surface area contributed by atoms with Gasteiger partial charge in [0.25, 0.3) is 0 Å². The van der Waals surface area contributed by atoms with Gasteiger partial charge in [-0.2, -0.15) is 0 Å². The lowest BCUT2D eigenvalue weighted by Gasteiger charge is -2.11. The van der Waals surface area contributed by atoms with Crippen molar-refractivity contribution in [2.75, 3.05) is 6.61 Å². The number of allylic oxidation sites excluding steroid dienone is 4. The SMILES string of the molecule is CCCCCc1ccc(/C(C)=C/C(CC)=C(\C)c2ccc(CCO)cc2)cc1. The van der Waals surface area contributed by atoms with Crippen LogP contribution in [0.2, 0.25) is 0 Å².